The first kappa shape index (κ1) is 21.9. The smallest absolute Gasteiger partial charge is 0.252 e. The van der Waals surface area contributed by atoms with Gasteiger partial charge in [-0.05, 0) is 54.3 Å². The van der Waals surface area contributed by atoms with Crippen LogP contribution in [0.1, 0.15) is 39.8 Å². The van der Waals surface area contributed by atoms with E-state index in [1.807, 2.05) is 42.1 Å². The van der Waals surface area contributed by atoms with Crippen LogP contribution in [0.5, 0.6) is 5.75 Å². The number of aromatic nitrogens is 2. The van der Waals surface area contributed by atoms with Crippen molar-refractivity contribution in [3.63, 3.8) is 0 Å². The molecule has 0 aliphatic carbocycles. The van der Waals surface area contributed by atoms with E-state index < -0.39 is 16.1 Å². The van der Waals surface area contributed by atoms with Gasteiger partial charge in [0.1, 0.15) is 17.6 Å². The molecule has 8 nitrogen and oxygen atoms in total. The van der Waals surface area contributed by atoms with Crippen LogP contribution in [0.25, 0.3) is 0 Å². The maximum Gasteiger partial charge on any atom is 0.252 e. The Morgan fingerprint density at radius 2 is 1.94 bits per heavy atom. The monoisotopic (exact) mass is 454 g/mol. The Labute approximate surface area is 187 Å². The first-order valence-electron chi connectivity index (χ1n) is 10.3. The second-order valence-electron chi connectivity index (χ2n) is 7.86. The van der Waals surface area contributed by atoms with Gasteiger partial charge in [-0.25, -0.2) is 13.4 Å². The molecule has 9 heteroatoms. The molecular formula is C23H26N4O4S. The number of methoxy groups -OCH3 is 1. The zero-order valence-corrected chi connectivity index (χ0v) is 19.1. The third-order valence-corrected chi connectivity index (χ3v) is 6.84. The lowest BCUT2D eigenvalue weighted by Gasteiger charge is -2.29. The molecule has 32 heavy (non-hydrogen) atoms. The average molecular weight is 455 g/mol. The number of aryl methyl sites for hydroxylation is 2. The molecule has 1 aliphatic heterocycles. The SMILES string of the molecule is COc1ccc([C@@H](NC(=O)c2ccc3c(c2)CCCN3S(C)(=O)=O)c2nccn2C)cc1. The molecule has 2 aromatic carbocycles. The highest BCUT2D eigenvalue weighted by atomic mass is 32.2. The number of ether oxygens (including phenoxy) is 1. The van der Waals surface area contributed by atoms with Crippen molar-refractivity contribution in [2.24, 2.45) is 7.05 Å². The van der Waals surface area contributed by atoms with E-state index in [0.717, 1.165) is 23.3 Å². The van der Waals surface area contributed by atoms with E-state index in [9.17, 15) is 13.2 Å². The number of carbonyl (C=O) groups is 1. The third kappa shape index (κ3) is 4.34. The number of carbonyl (C=O) groups excluding carboxylic acids is 1. The minimum atomic E-state index is -3.36. The summed E-state index contributed by atoms with van der Waals surface area (Å²) in [5.41, 5.74) is 2.85. The van der Waals surface area contributed by atoms with Crippen molar-refractivity contribution in [2.45, 2.75) is 18.9 Å². The Balaban J connectivity index is 1.65. The summed E-state index contributed by atoms with van der Waals surface area (Å²) in [4.78, 5) is 17.7. The van der Waals surface area contributed by atoms with Gasteiger partial charge in [0, 0.05) is 31.5 Å². The topological polar surface area (TPSA) is 93.5 Å². The van der Waals surface area contributed by atoms with Crippen LogP contribution in [0.15, 0.2) is 54.9 Å². The predicted molar refractivity (Wildman–Crippen MR) is 122 cm³/mol. The summed E-state index contributed by atoms with van der Waals surface area (Å²) in [5, 5.41) is 3.08. The lowest BCUT2D eigenvalue weighted by atomic mass is 10.00. The molecule has 0 radical (unpaired) electrons. The lowest BCUT2D eigenvalue weighted by Crippen LogP contribution is -2.35. The number of hydrogen-bond donors (Lipinski definition) is 1. The molecule has 0 bridgehead atoms. The van der Waals surface area contributed by atoms with Crippen LogP contribution >= 0.6 is 0 Å². The number of fused-ring (bicyclic) bond motifs is 1. The highest BCUT2D eigenvalue weighted by molar-refractivity contribution is 7.92. The standard InChI is InChI=1S/C23H26N4O4S/c1-26-14-12-24-22(26)21(16-6-9-19(31-2)10-7-16)25-23(28)18-8-11-20-17(15-18)5-4-13-27(20)32(3,29)30/h6-12,14-15,21H,4-5,13H2,1-3H3,(H,25,28)/t21-/m1/s1. The Kier molecular flexibility index (Phi) is 5.92. The van der Waals surface area contributed by atoms with Gasteiger partial charge in [0.05, 0.1) is 19.1 Å². The molecule has 0 saturated heterocycles. The Morgan fingerprint density at radius 1 is 1.19 bits per heavy atom. The van der Waals surface area contributed by atoms with Crippen molar-refractivity contribution >= 4 is 21.6 Å². The van der Waals surface area contributed by atoms with Gasteiger partial charge in [-0.2, -0.15) is 0 Å². The minimum Gasteiger partial charge on any atom is -0.497 e. The van der Waals surface area contributed by atoms with Gasteiger partial charge in [-0.1, -0.05) is 12.1 Å². The molecular weight excluding hydrogens is 428 g/mol. The van der Waals surface area contributed by atoms with Crippen LogP contribution in [-0.2, 0) is 23.5 Å². The average Bonchev–Trinajstić information content (AvgIpc) is 3.21. The molecule has 1 amide bonds. The fourth-order valence-corrected chi connectivity index (χ4v) is 5.01. The summed E-state index contributed by atoms with van der Waals surface area (Å²) in [6.45, 7) is 0.454. The van der Waals surface area contributed by atoms with Crippen LogP contribution in [0.2, 0.25) is 0 Å². The second-order valence-corrected chi connectivity index (χ2v) is 9.76. The van der Waals surface area contributed by atoms with Crippen molar-refractivity contribution in [3.05, 3.63) is 77.4 Å². The first-order chi connectivity index (χ1) is 15.3. The molecule has 168 valence electrons. The Bertz CT molecular complexity index is 1240. The molecule has 0 unspecified atom stereocenters. The van der Waals surface area contributed by atoms with E-state index >= 15 is 0 Å². The third-order valence-electron chi connectivity index (χ3n) is 5.66. The molecule has 1 aromatic heterocycles. The largest absolute Gasteiger partial charge is 0.497 e. The summed E-state index contributed by atoms with van der Waals surface area (Å²) < 4.78 is 32.7. The van der Waals surface area contributed by atoms with E-state index in [0.29, 0.717) is 30.0 Å². The zero-order chi connectivity index (χ0) is 22.9. The molecule has 0 saturated carbocycles. The van der Waals surface area contributed by atoms with Gasteiger partial charge in [0.2, 0.25) is 10.0 Å². The fraction of sp³-hybridized carbons (Fsp3) is 0.304. The molecule has 2 heterocycles. The molecule has 0 spiro atoms. The van der Waals surface area contributed by atoms with Crippen molar-refractivity contribution < 1.29 is 17.9 Å². The number of anilines is 1. The maximum atomic E-state index is 13.2. The summed E-state index contributed by atoms with van der Waals surface area (Å²) in [5.74, 6) is 1.17. The van der Waals surface area contributed by atoms with E-state index in [1.54, 1.807) is 31.5 Å². The van der Waals surface area contributed by atoms with E-state index in [1.165, 1.54) is 10.6 Å². The minimum absolute atomic E-state index is 0.256. The molecule has 4 rings (SSSR count). The number of nitrogens with one attached hydrogen (secondary N) is 1. The van der Waals surface area contributed by atoms with Crippen LogP contribution < -0.4 is 14.4 Å². The van der Waals surface area contributed by atoms with Crippen LogP contribution in [0, 0.1) is 0 Å². The Hall–Kier alpha value is -3.33. The predicted octanol–water partition coefficient (Wildman–Crippen LogP) is 2.66. The lowest BCUT2D eigenvalue weighted by molar-refractivity contribution is 0.0941. The summed E-state index contributed by atoms with van der Waals surface area (Å²) >= 11 is 0. The first-order valence-corrected chi connectivity index (χ1v) is 12.2. The van der Waals surface area contributed by atoms with Gasteiger partial charge in [0.25, 0.3) is 5.91 Å². The summed E-state index contributed by atoms with van der Waals surface area (Å²) in [7, 11) is 0.128. The van der Waals surface area contributed by atoms with Crippen LogP contribution in [0.4, 0.5) is 5.69 Å². The number of sulfonamides is 1. The second kappa shape index (κ2) is 8.66. The number of nitrogens with zero attached hydrogens (tertiary/aromatic N) is 3. The number of imidazole rings is 1. The van der Waals surface area contributed by atoms with Crippen molar-refractivity contribution in [1.82, 2.24) is 14.9 Å². The Morgan fingerprint density at radius 3 is 2.56 bits per heavy atom. The summed E-state index contributed by atoms with van der Waals surface area (Å²) in [6, 6.07) is 12.2. The van der Waals surface area contributed by atoms with Gasteiger partial charge in [0.15, 0.2) is 0 Å². The quantitative estimate of drug-likeness (QED) is 0.618. The fourth-order valence-electron chi connectivity index (χ4n) is 4.01. The van der Waals surface area contributed by atoms with E-state index in [4.69, 9.17) is 4.74 Å². The highest BCUT2D eigenvalue weighted by Crippen LogP contribution is 2.30. The maximum absolute atomic E-state index is 13.2. The normalized spacial score (nSPS) is 14.5. The molecule has 1 aliphatic rings. The van der Waals surface area contributed by atoms with Crippen molar-refractivity contribution in [2.75, 3.05) is 24.2 Å². The molecule has 3 aromatic rings. The number of rotatable bonds is 6. The van der Waals surface area contributed by atoms with E-state index in [-0.39, 0.29) is 5.91 Å². The molecule has 1 atom stereocenters. The van der Waals surface area contributed by atoms with E-state index in [2.05, 4.69) is 10.3 Å². The number of benzene rings is 2. The zero-order valence-electron chi connectivity index (χ0n) is 18.3. The van der Waals surface area contributed by atoms with Crippen LogP contribution in [0.3, 0.4) is 0 Å². The van der Waals surface area contributed by atoms with Gasteiger partial charge < -0.3 is 14.6 Å². The number of hydrogen-bond acceptors (Lipinski definition) is 5. The van der Waals surface area contributed by atoms with Crippen molar-refractivity contribution in [3.8, 4) is 5.75 Å². The van der Waals surface area contributed by atoms with Gasteiger partial charge >= 0.3 is 0 Å². The highest BCUT2D eigenvalue weighted by Gasteiger charge is 2.26. The van der Waals surface area contributed by atoms with Crippen LogP contribution in [-0.4, -0.2) is 43.8 Å². The molecule has 0 fully saturated rings. The van der Waals surface area contributed by atoms with Gasteiger partial charge in [-0.15, -0.1) is 0 Å². The molecule has 1 N–H and O–H groups in total. The number of amides is 1. The summed E-state index contributed by atoms with van der Waals surface area (Å²) in [6.07, 6.45) is 6.17. The van der Waals surface area contributed by atoms with Crippen molar-refractivity contribution in [1.29, 1.82) is 0 Å². The van der Waals surface area contributed by atoms with Gasteiger partial charge in [-0.3, -0.25) is 9.10 Å².